The van der Waals surface area contributed by atoms with Crippen molar-refractivity contribution in [3.63, 3.8) is 0 Å². The minimum absolute atomic E-state index is 0.211. The number of hydrogen-bond donors (Lipinski definition) is 1. The van der Waals surface area contributed by atoms with Crippen LogP contribution < -0.4 is 9.47 Å². The Balaban J connectivity index is 2.09. The Morgan fingerprint density at radius 1 is 1.22 bits per heavy atom. The monoisotopic (exact) mass is 250 g/mol. The SMILES string of the molecule is Cc1cc2c(cc1C1(C(=O)O)COC1)OCCO2. The van der Waals surface area contributed by atoms with Crippen LogP contribution in [0.1, 0.15) is 11.1 Å². The van der Waals surface area contributed by atoms with Gasteiger partial charge in [-0.05, 0) is 30.2 Å². The zero-order valence-corrected chi connectivity index (χ0v) is 10.1. The quantitative estimate of drug-likeness (QED) is 0.852. The molecule has 18 heavy (non-hydrogen) atoms. The van der Waals surface area contributed by atoms with E-state index >= 15 is 0 Å². The van der Waals surface area contributed by atoms with E-state index in [1.165, 1.54) is 0 Å². The zero-order valence-electron chi connectivity index (χ0n) is 10.1. The summed E-state index contributed by atoms with van der Waals surface area (Å²) in [5.41, 5.74) is 0.718. The average Bonchev–Trinajstić information content (AvgIpc) is 2.27. The number of benzene rings is 1. The molecule has 96 valence electrons. The maximum Gasteiger partial charge on any atom is 0.318 e. The summed E-state index contributed by atoms with van der Waals surface area (Å²) in [7, 11) is 0. The molecule has 3 rings (SSSR count). The molecule has 2 heterocycles. The van der Waals surface area contributed by atoms with E-state index in [1.54, 1.807) is 6.07 Å². The van der Waals surface area contributed by atoms with Crippen LogP contribution in [0.4, 0.5) is 0 Å². The van der Waals surface area contributed by atoms with Crippen LogP contribution in [-0.2, 0) is 14.9 Å². The molecule has 0 spiro atoms. The highest BCUT2D eigenvalue weighted by Crippen LogP contribution is 2.41. The highest BCUT2D eigenvalue weighted by Gasteiger charge is 2.49. The van der Waals surface area contributed by atoms with Crippen LogP contribution in [0.3, 0.4) is 0 Å². The van der Waals surface area contributed by atoms with Crippen molar-refractivity contribution in [2.75, 3.05) is 26.4 Å². The van der Waals surface area contributed by atoms with Crippen molar-refractivity contribution in [1.29, 1.82) is 0 Å². The summed E-state index contributed by atoms with van der Waals surface area (Å²) in [6.45, 7) is 3.33. The number of fused-ring (bicyclic) bond motifs is 1. The molecular formula is C13H14O5. The van der Waals surface area contributed by atoms with Gasteiger partial charge in [0.25, 0.3) is 0 Å². The number of aryl methyl sites for hydroxylation is 1. The van der Waals surface area contributed by atoms with Gasteiger partial charge in [-0.25, -0.2) is 0 Å². The van der Waals surface area contributed by atoms with Gasteiger partial charge in [-0.2, -0.15) is 0 Å². The second-order valence-corrected chi connectivity index (χ2v) is 4.69. The van der Waals surface area contributed by atoms with Crippen molar-refractivity contribution in [1.82, 2.24) is 0 Å². The van der Waals surface area contributed by atoms with E-state index in [4.69, 9.17) is 14.2 Å². The number of carboxylic acid groups (broad SMARTS) is 1. The van der Waals surface area contributed by atoms with Crippen molar-refractivity contribution in [2.45, 2.75) is 12.3 Å². The van der Waals surface area contributed by atoms with E-state index in [2.05, 4.69) is 0 Å². The highest BCUT2D eigenvalue weighted by molar-refractivity contribution is 5.84. The lowest BCUT2D eigenvalue weighted by Crippen LogP contribution is -2.53. The Hall–Kier alpha value is -1.75. The van der Waals surface area contributed by atoms with Crippen LogP contribution in [0.15, 0.2) is 12.1 Å². The molecule has 2 aliphatic rings. The third-order valence-corrected chi connectivity index (χ3v) is 3.51. The van der Waals surface area contributed by atoms with Gasteiger partial charge in [0.15, 0.2) is 11.5 Å². The first-order valence-corrected chi connectivity index (χ1v) is 5.85. The van der Waals surface area contributed by atoms with Gasteiger partial charge < -0.3 is 19.3 Å². The molecule has 0 amide bonds. The van der Waals surface area contributed by atoms with E-state index < -0.39 is 11.4 Å². The summed E-state index contributed by atoms with van der Waals surface area (Å²) >= 11 is 0. The van der Waals surface area contributed by atoms with Gasteiger partial charge in [0, 0.05) is 0 Å². The largest absolute Gasteiger partial charge is 0.486 e. The summed E-state index contributed by atoms with van der Waals surface area (Å²) in [6, 6.07) is 3.62. The third-order valence-electron chi connectivity index (χ3n) is 3.51. The van der Waals surface area contributed by atoms with Gasteiger partial charge in [0.05, 0.1) is 13.2 Å². The number of hydrogen-bond acceptors (Lipinski definition) is 4. The zero-order chi connectivity index (χ0) is 12.8. The van der Waals surface area contributed by atoms with Gasteiger partial charge in [0.1, 0.15) is 18.6 Å². The fraction of sp³-hybridized carbons (Fsp3) is 0.462. The number of rotatable bonds is 2. The molecule has 1 aromatic rings. The second-order valence-electron chi connectivity index (χ2n) is 4.69. The average molecular weight is 250 g/mol. The van der Waals surface area contributed by atoms with Crippen LogP contribution in [0.25, 0.3) is 0 Å². The van der Waals surface area contributed by atoms with Gasteiger partial charge >= 0.3 is 5.97 Å². The molecular weight excluding hydrogens is 236 g/mol. The predicted molar refractivity (Wildman–Crippen MR) is 62.3 cm³/mol. The lowest BCUT2D eigenvalue weighted by molar-refractivity contribution is -0.163. The van der Waals surface area contributed by atoms with E-state index in [-0.39, 0.29) is 13.2 Å². The molecule has 0 bridgehead atoms. The van der Waals surface area contributed by atoms with Crippen molar-refractivity contribution < 1.29 is 24.1 Å². The molecule has 0 aliphatic carbocycles. The summed E-state index contributed by atoms with van der Waals surface area (Å²) in [6.07, 6.45) is 0. The first-order valence-electron chi connectivity index (χ1n) is 5.85. The lowest BCUT2D eigenvalue weighted by Gasteiger charge is -2.39. The smallest absolute Gasteiger partial charge is 0.318 e. The topological polar surface area (TPSA) is 65.0 Å². The van der Waals surface area contributed by atoms with Gasteiger partial charge in [0.2, 0.25) is 0 Å². The molecule has 5 heteroatoms. The molecule has 0 aromatic heterocycles. The van der Waals surface area contributed by atoms with Crippen LogP contribution in [0, 0.1) is 6.92 Å². The van der Waals surface area contributed by atoms with E-state index in [1.807, 2.05) is 13.0 Å². The number of carboxylic acids is 1. The molecule has 1 N–H and O–H groups in total. The number of aliphatic carboxylic acids is 1. The summed E-state index contributed by atoms with van der Waals surface area (Å²) < 4.78 is 16.1. The molecule has 0 radical (unpaired) electrons. The van der Waals surface area contributed by atoms with Crippen molar-refractivity contribution in [3.05, 3.63) is 23.3 Å². The number of ether oxygens (including phenoxy) is 3. The summed E-state index contributed by atoms with van der Waals surface area (Å²) in [5.74, 6) is 0.450. The maximum absolute atomic E-state index is 11.5. The number of carbonyl (C=O) groups is 1. The van der Waals surface area contributed by atoms with Crippen LogP contribution >= 0.6 is 0 Å². The Morgan fingerprint density at radius 2 is 1.83 bits per heavy atom. The lowest BCUT2D eigenvalue weighted by atomic mass is 9.76. The molecule has 2 aliphatic heterocycles. The van der Waals surface area contributed by atoms with Crippen LogP contribution in [-0.4, -0.2) is 37.5 Å². The van der Waals surface area contributed by atoms with Crippen LogP contribution in [0.2, 0.25) is 0 Å². The molecule has 1 saturated heterocycles. The minimum Gasteiger partial charge on any atom is -0.486 e. The molecule has 0 saturated carbocycles. The minimum atomic E-state index is -0.931. The van der Waals surface area contributed by atoms with E-state index in [9.17, 15) is 9.90 Å². The Kier molecular flexibility index (Phi) is 2.45. The molecule has 1 aromatic carbocycles. The van der Waals surface area contributed by atoms with Gasteiger partial charge in [-0.3, -0.25) is 4.79 Å². The molecule has 1 fully saturated rings. The first-order chi connectivity index (χ1) is 8.63. The Morgan fingerprint density at radius 3 is 2.33 bits per heavy atom. The van der Waals surface area contributed by atoms with Gasteiger partial charge in [-0.1, -0.05) is 0 Å². The van der Waals surface area contributed by atoms with Gasteiger partial charge in [-0.15, -0.1) is 0 Å². The summed E-state index contributed by atoms with van der Waals surface area (Å²) in [5, 5.41) is 9.41. The highest BCUT2D eigenvalue weighted by atomic mass is 16.6. The molecule has 0 unspecified atom stereocenters. The molecule has 0 atom stereocenters. The van der Waals surface area contributed by atoms with Crippen molar-refractivity contribution in [3.8, 4) is 11.5 Å². The van der Waals surface area contributed by atoms with Crippen molar-refractivity contribution in [2.24, 2.45) is 0 Å². The maximum atomic E-state index is 11.5. The third kappa shape index (κ3) is 1.47. The van der Waals surface area contributed by atoms with E-state index in [0.717, 1.165) is 11.1 Å². The van der Waals surface area contributed by atoms with Crippen molar-refractivity contribution >= 4 is 5.97 Å². The fourth-order valence-electron chi connectivity index (χ4n) is 2.41. The van der Waals surface area contributed by atoms with E-state index in [0.29, 0.717) is 24.7 Å². The fourth-order valence-corrected chi connectivity index (χ4v) is 2.41. The first kappa shape index (κ1) is 11.3. The second kappa shape index (κ2) is 3.88. The normalized spacial score (nSPS) is 20.1. The molecule has 5 nitrogen and oxygen atoms in total. The summed E-state index contributed by atoms with van der Waals surface area (Å²) in [4.78, 5) is 11.5. The standard InChI is InChI=1S/C13H14O5/c1-8-4-10-11(18-3-2-17-10)5-9(8)13(12(14)15)6-16-7-13/h4-5H,2-3,6-7H2,1H3,(H,14,15). The predicted octanol–water partition coefficient (Wildman–Crippen LogP) is 1.12. The van der Waals surface area contributed by atoms with Crippen LogP contribution in [0.5, 0.6) is 11.5 Å². The Bertz CT molecular complexity index is 504. The Labute approximate surface area is 104 Å².